The zero-order valence-corrected chi connectivity index (χ0v) is 5.64. The molecule has 0 aliphatic heterocycles. The van der Waals surface area contributed by atoms with E-state index >= 15 is 0 Å². The summed E-state index contributed by atoms with van der Waals surface area (Å²) in [4.78, 5) is 14.6. The molecule has 1 aromatic heterocycles. The number of ketones is 1. The minimum Gasteiger partial charge on any atom is -0.411 e. The Morgan fingerprint density at radius 2 is 2.45 bits per heavy atom. The van der Waals surface area contributed by atoms with E-state index in [-0.39, 0.29) is 5.69 Å². The topological polar surface area (TPSA) is 62.5 Å². The van der Waals surface area contributed by atoms with Crippen molar-refractivity contribution in [3.8, 4) is 0 Å². The second-order valence-corrected chi connectivity index (χ2v) is 1.82. The molecule has 11 heavy (non-hydrogen) atoms. The molecule has 1 N–H and O–H groups in total. The van der Waals surface area contributed by atoms with Crippen LogP contribution >= 0.6 is 0 Å². The Kier molecular flexibility index (Phi) is 2.32. The quantitative estimate of drug-likeness (QED) is 0.292. The summed E-state index contributed by atoms with van der Waals surface area (Å²) < 4.78 is 0. The summed E-state index contributed by atoms with van der Waals surface area (Å²) in [5.74, 6) is -0.409. The molecular weight excluding hydrogens is 144 g/mol. The Labute approximate surface area is 63.2 Å². The Morgan fingerprint density at radius 1 is 1.64 bits per heavy atom. The normalized spacial score (nSPS) is 10.2. The Hall–Kier alpha value is -1.71. The minimum absolute atomic E-state index is 0.269. The monoisotopic (exact) mass is 150 g/mol. The third-order valence-electron chi connectivity index (χ3n) is 1.09. The first kappa shape index (κ1) is 7.40. The van der Waals surface area contributed by atoms with Crippen molar-refractivity contribution < 1.29 is 10.0 Å². The van der Waals surface area contributed by atoms with Gasteiger partial charge in [-0.2, -0.15) is 0 Å². The molecule has 0 aliphatic carbocycles. The van der Waals surface area contributed by atoms with Crippen LogP contribution in [0.5, 0.6) is 0 Å². The van der Waals surface area contributed by atoms with E-state index in [1.54, 1.807) is 18.2 Å². The van der Waals surface area contributed by atoms with Crippen LogP contribution in [0.25, 0.3) is 0 Å². The number of hydrogen-bond acceptors (Lipinski definition) is 4. The molecule has 0 aliphatic rings. The molecule has 0 unspecified atom stereocenters. The molecule has 1 heterocycles. The van der Waals surface area contributed by atoms with Crippen LogP contribution in [0.3, 0.4) is 0 Å². The number of aromatic nitrogens is 1. The van der Waals surface area contributed by atoms with Crippen molar-refractivity contribution in [2.45, 2.75) is 0 Å². The molecule has 0 atom stereocenters. The maximum Gasteiger partial charge on any atom is 0.225 e. The van der Waals surface area contributed by atoms with Crippen molar-refractivity contribution in [1.29, 1.82) is 0 Å². The number of rotatable bonds is 2. The van der Waals surface area contributed by atoms with Gasteiger partial charge in [0, 0.05) is 6.20 Å². The van der Waals surface area contributed by atoms with Crippen LogP contribution in [0.15, 0.2) is 29.6 Å². The number of pyridine rings is 1. The highest BCUT2D eigenvalue weighted by molar-refractivity contribution is 6.34. The lowest BCUT2D eigenvalue weighted by Gasteiger charge is -1.89. The second kappa shape index (κ2) is 3.46. The molecule has 56 valence electrons. The molecule has 0 saturated carbocycles. The van der Waals surface area contributed by atoms with Gasteiger partial charge in [0.05, 0.1) is 0 Å². The average Bonchev–Trinajstić information content (AvgIpc) is 2.07. The van der Waals surface area contributed by atoms with Crippen molar-refractivity contribution in [2.24, 2.45) is 5.16 Å². The Morgan fingerprint density at radius 3 is 3.00 bits per heavy atom. The average molecular weight is 150 g/mol. The number of hydrogen-bond donors (Lipinski definition) is 1. The number of oxime groups is 1. The van der Waals surface area contributed by atoms with Gasteiger partial charge < -0.3 is 5.21 Å². The Balaban J connectivity index is 2.86. The highest BCUT2D eigenvalue weighted by atomic mass is 16.4. The zero-order valence-electron chi connectivity index (χ0n) is 5.64. The minimum atomic E-state index is -0.409. The zero-order chi connectivity index (χ0) is 8.10. The molecule has 0 bridgehead atoms. The standard InChI is InChI=1S/C7H6N2O2/c10-7(5-9-11)6-3-1-2-4-8-6/h1-5,11H. The molecule has 4 nitrogen and oxygen atoms in total. The first-order chi connectivity index (χ1) is 5.34. The molecule has 0 aromatic carbocycles. The SMILES string of the molecule is O=C(C=NO)c1ccccn1. The Bertz CT molecular complexity index is 269. The largest absolute Gasteiger partial charge is 0.411 e. The second-order valence-electron chi connectivity index (χ2n) is 1.82. The van der Waals surface area contributed by atoms with E-state index in [0.29, 0.717) is 0 Å². The fourth-order valence-corrected chi connectivity index (χ4v) is 0.627. The van der Waals surface area contributed by atoms with E-state index in [1.807, 2.05) is 0 Å². The van der Waals surface area contributed by atoms with Crippen LogP contribution in [0.4, 0.5) is 0 Å². The van der Waals surface area contributed by atoms with Crippen LogP contribution in [-0.4, -0.2) is 22.2 Å². The van der Waals surface area contributed by atoms with E-state index < -0.39 is 5.78 Å². The van der Waals surface area contributed by atoms with Crippen molar-refractivity contribution in [1.82, 2.24) is 4.98 Å². The lowest BCUT2D eigenvalue weighted by atomic mass is 10.3. The van der Waals surface area contributed by atoms with Gasteiger partial charge in [0.1, 0.15) is 11.9 Å². The first-order valence-corrected chi connectivity index (χ1v) is 2.97. The number of Topliss-reactive ketones (excluding diaryl/α,β-unsaturated/α-hetero) is 1. The van der Waals surface area contributed by atoms with Gasteiger partial charge in [-0.3, -0.25) is 9.78 Å². The number of nitrogens with zero attached hydrogens (tertiary/aromatic N) is 2. The molecule has 0 spiro atoms. The molecule has 0 amide bonds. The van der Waals surface area contributed by atoms with Crippen LogP contribution < -0.4 is 0 Å². The van der Waals surface area contributed by atoms with Gasteiger partial charge in [-0.05, 0) is 12.1 Å². The number of carbonyl (C=O) groups is 1. The third kappa shape index (κ3) is 1.86. The molecule has 0 fully saturated rings. The maximum absolute atomic E-state index is 10.9. The molecular formula is C7H6N2O2. The summed E-state index contributed by atoms with van der Waals surface area (Å²) in [6, 6.07) is 4.93. The van der Waals surface area contributed by atoms with Gasteiger partial charge in [-0.1, -0.05) is 11.2 Å². The van der Waals surface area contributed by atoms with Crippen molar-refractivity contribution in [3.63, 3.8) is 0 Å². The van der Waals surface area contributed by atoms with Gasteiger partial charge in [-0.15, -0.1) is 0 Å². The van der Waals surface area contributed by atoms with Gasteiger partial charge >= 0.3 is 0 Å². The van der Waals surface area contributed by atoms with Gasteiger partial charge in [-0.25, -0.2) is 0 Å². The van der Waals surface area contributed by atoms with Crippen LogP contribution in [0.1, 0.15) is 10.5 Å². The molecule has 1 aromatic rings. The first-order valence-electron chi connectivity index (χ1n) is 2.97. The predicted molar refractivity (Wildman–Crippen MR) is 38.8 cm³/mol. The fraction of sp³-hybridized carbons (Fsp3) is 0. The van der Waals surface area contributed by atoms with Crippen LogP contribution in [0, 0.1) is 0 Å². The lowest BCUT2D eigenvalue weighted by molar-refractivity contribution is 0.106. The molecule has 4 heteroatoms. The van der Waals surface area contributed by atoms with Crippen LogP contribution in [0.2, 0.25) is 0 Å². The fourth-order valence-electron chi connectivity index (χ4n) is 0.627. The highest BCUT2D eigenvalue weighted by Crippen LogP contribution is 1.92. The summed E-state index contributed by atoms with van der Waals surface area (Å²) in [6.07, 6.45) is 2.31. The smallest absolute Gasteiger partial charge is 0.225 e. The van der Waals surface area contributed by atoms with Gasteiger partial charge in [0.15, 0.2) is 0 Å². The van der Waals surface area contributed by atoms with E-state index in [2.05, 4.69) is 10.1 Å². The predicted octanol–water partition coefficient (Wildman–Crippen LogP) is 0.724. The summed E-state index contributed by atoms with van der Waals surface area (Å²) >= 11 is 0. The van der Waals surface area contributed by atoms with Crippen molar-refractivity contribution in [2.75, 3.05) is 0 Å². The van der Waals surface area contributed by atoms with E-state index in [9.17, 15) is 4.79 Å². The van der Waals surface area contributed by atoms with Gasteiger partial charge in [0.2, 0.25) is 5.78 Å². The molecule has 1 rings (SSSR count). The van der Waals surface area contributed by atoms with Gasteiger partial charge in [0.25, 0.3) is 0 Å². The van der Waals surface area contributed by atoms with E-state index in [1.165, 1.54) is 6.20 Å². The van der Waals surface area contributed by atoms with E-state index in [0.717, 1.165) is 6.21 Å². The van der Waals surface area contributed by atoms with Crippen LogP contribution in [-0.2, 0) is 0 Å². The summed E-state index contributed by atoms with van der Waals surface area (Å²) in [7, 11) is 0. The third-order valence-corrected chi connectivity index (χ3v) is 1.09. The lowest BCUT2D eigenvalue weighted by Crippen LogP contribution is -2.01. The summed E-state index contributed by atoms with van der Waals surface area (Å²) in [6.45, 7) is 0. The molecule has 0 radical (unpaired) electrons. The maximum atomic E-state index is 10.9. The van der Waals surface area contributed by atoms with E-state index in [4.69, 9.17) is 5.21 Å². The summed E-state index contributed by atoms with van der Waals surface area (Å²) in [5, 5.41) is 10.6. The van der Waals surface area contributed by atoms with Crippen molar-refractivity contribution >= 4 is 12.0 Å². The molecule has 0 saturated heterocycles. The summed E-state index contributed by atoms with van der Waals surface area (Å²) in [5.41, 5.74) is 0.269. The number of carbonyl (C=O) groups excluding carboxylic acids is 1. The highest BCUT2D eigenvalue weighted by Gasteiger charge is 2.01. The van der Waals surface area contributed by atoms with Crippen molar-refractivity contribution in [3.05, 3.63) is 30.1 Å².